The Morgan fingerprint density at radius 2 is 1.79 bits per heavy atom. The zero-order valence-electron chi connectivity index (χ0n) is 15.2. The van der Waals surface area contributed by atoms with Gasteiger partial charge < -0.3 is 10.1 Å². The number of nitrogens with one attached hydrogen (secondary N) is 3. The lowest BCUT2D eigenvalue weighted by Crippen LogP contribution is -2.46. The van der Waals surface area contributed by atoms with Gasteiger partial charge in [0.15, 0.2) is 6.61 Å². The van der Waals surface area contributed by atoms with E-state index in [4.69, 9.17) is 16.3 Å². The summed E-state index contributed by atoms with van der Waals surface area (Å²) in [6.07, 6.45) is 3.78. The summed E-state index contributed by atoms with van der Waals surface area (Å²) in [6.45, 7) is 0.574. The first-order valence-corrected chi connectivity index (χ1v) is 10.6. The molecule has 1 atom stereocenters. The van der Waals surface area contributed by atoms with Crippen molar-refractivity contribution in [3.63, 3.8) is 0 Å². The Kier molecular flexibility index (Phi) is 7.78. The molecule has 1 saturated carbocycles. The number of hydrogen-bond acceptors (Lipinski definition) is 6. The van der Waals surface area contributed by atoms with Crippen molar-refractivity contribution in [1.29, 1.82) is 0 Å². The number of imide groups is 1. The fraction of sp³-hybridized carbons (Fsp3) is 0.471. The van der Waals surface area contributed by atoms with Crippen LogP contribution in [-0.4, -0.2) is 45.0 Å². The lowest BCUT2D eigenvalue weighted by atomic mass is 10.2. The number of halogens is 1. The first-order chi connectivity index (χ1) is 13.2. The molecule has 0 bridgehead atoms. The Labute approximate surface area is 168 Å². The molecule has 3 amide bonds. The second kappa shape index (κ2) is 9.85. The molecule has 9 nitrogen and oxygen atoms in total. The van der Waals surface area contributed by atoms with E-state index in [1.165, 1.54) is 31.2 Å². The number of hydrogen-bond donors (Lipinski definition) is 3. The molecule has 0 spiro atoms. The number of sulfonamides is 1. The van der Waals surface area contributed by atoms with Gasteiger partial charge in [0, 0.05) is 11.1 Å². The van der Waals surface area contributed by atoms with Gasteiger partial charge in [-0.05, 0) is 44.0 Å². The van der Waals surface area contributed by atoms with Gasteiger partial charge in [-0.1, -0.05) is 24.4 Å². The fourth-order valence-electron chi connectivity index (χ4n) is 2.68. The third kappa shape index (κ3) is 6.77. The maximum atomic E-state index is 12.2. The SMILES string of the molecule is C[C@H](NS(=O)(=O)c1ccc(Cl)cc1)C(=O)OCC(=O)NC(=O)NC1CCCC1. The van der Waals surface area contributed by atoms with Gasteiger partial charge in [-0.2, -0.15) is 4.72 Å². The molecular formula is C17H22ClN3O6S. The molecule has 0 unspecified atom stereocenters. The largest absolute Gasteiger partial charge is 0.454 e. The summed E-state index contributed by atoms with van der Waals surface area (Å²) in [6, 6.07) is 3.54. The standard InChI is InChI=1S/C17H22ClN3O6S/c1-11(21-28(25,26)14-8-6-12(18)7-9-14)16(23)27-10-15(22)20-17(24)19-13-4-2-3-5-13/h6-9,11,13,21H,2-5,10H2,1H3,(H2,19,20,22,24)/t11-/m0/s1. The summed E-state index contributed by atoms with van der Waals surface area (Å²) in [4.78, 5) is 35.2. The van der Waals surface area contributed by atoms with Gasteiger partial charge in [0.05, 0.1) is 4.90 Å². The Balaban J connectivity index is 1.77. The van der Waals surface area contributed by atoms with Crippen molar-refractivity contribution in [2.75, 3.05) is 6.61 Å². The molecule has 1 aliphatic rings. The predicted octanol–water partition coefficient (Wildman–Crippen LogP) is 1.32. The summed E-state index contributed by atoms with van der Waals surface area (Å²) in [5.74, 6) is -1.76. The van der Waals surface area contributed by atoms with Crippen LogP contribution in [0.5, 0.6) is 0 Å². The number of rotatable bonds is 7. The third-order valence-electron chi connectivity index (χ3n) is 4.10. The highest BCUT2D eigenvalue weighted by atomic mass is 35.5. The Hall–Kier alpha value is -2.17. The molecule has 0 saturated heterocycles. The van der Waals surface area contributed by atoms with Gasteiger partial charge in [0.1, 0.15) is 6.04 Å². The molecule has 0 heterocycles. The lowest BCUT2D eigenvalue weighted by Gasteiger charge is -2.14. The summed E-state index contributed by atoms with van der Waals surface area (Å²) < 4.78 is 31.3. The Bertz CT molecular complexity index is 822. The maximum Gasteiger partial charge on any atom is 0.324 e. The van der Waals surface area contributed by atoms with Crippen LogP contribution < -0.4 is 15.4 Å². The number of benzene rings is 1. The minimum absolute atomic E-state index is 0.0395. The average molecular weight is 432 g/mol. The zero-order valence-corrected chi connectivity index (χ0v) is 16.8. The normalized spacial score (nSPS) is 15.6. The van der Waals surface area contributed by atoms with E-state index in [0.717, 1.165) is 25.7 Å². The van der Waals surface area contributed by atoms with E-state index >= 15 is 0 Å². The van der Waals surface area contributed by atoms with Gasteiger partial charge in [0.2, 0.25) is 10.0 Å². The fourth-order valence-corrected chi connectivity index (χ4v) is 4.00. The van der Waals surface area contributed by atoms with Crippen LogP contribution in [0, 0.1) is 0 Å². The van der Waals surface area contributed by atoms with Crippen LogP contribution in [0.4, 0.5) is 4.79 Å². The molecule has 1 aromatic rings. The van der Waals surface area contributed by atoms with Crippen LogP contribution in [-0.2, 0) is 24.3 Å². The highest BCUT2D eigenvalue weighted by Crippen LogP contribution is 2.17. The third-order valence-corrected chi connectivity index (χ3v) is 5.91. The van der Waals surface area contributed by atoms with E-state index in [0.29, 0.717) is 5.02 Å². The van der Waals surface area contributed by atoms with E-state index in [1.807, 2.05) is 0 Å². The van der Waals surface area contributed by atoms with Crippen molar-refractivity contribution < 1.29 is 27.5 Å². The number of carbonyl (C=O) groups excluding carboxylic acids is 3. The van der Waals surface area contributed by atoms with E-state index in [2.05, 4.69) is 15.4 Å². The van der Waals surface area contributed by atoms with E-state index in [9.17, 15) is 22.8 Å². The highest BCUT2D eigenvalue weighted by molar-refractivity contribution is 7.89. The van der Waals surface area contributed by atoms with Gasteiger partial charge in [-0.15, -0.1) is 0 Å². The molecule has 0 radical (unpaired) electrons. The molecular weight excluding hydrogens is 410 g/mol. The van der Waals surface area contributed by atoms with E-state index in [1.54, 1.807) is 0 Å². The molecule has 154 valence electrons. The van der Waals surface area contributed by atoms with Crippen molar-refractivity contribution >= 4 is 39.5 Å². The van der Waals surface area contributed by atoms with Gasteiger partial charge in [0.25, 0.3) is 5.91 Å². The monoisotopic (exact) mass is 431 g/mol. The molecule has 2 rings (SSSR count). The van der Waals surface area contributed by atoms with Crippen LogP contribution in [0.1, 0.15) is 32.6 Å². The minimum Gasteiger partial charge on any atom is -0.454 e. The first-order valence-electron chi connectivity index (χ1n) is 8.72. The van der Waals surface area contributed by atoms with Crippen LogP contribution in [0.25, 0.3) is 0 Å². The lowest BCUT2D eigenvalue weighted by molar-refractivity contribution is -0.149. The number of ether oxygens (including phenoxy) is 1. The summed E-state index contributed by atoms with van der Waals surface area (Å²) in [5.41, 5.74) is 0. The van der Waals surface area contributed by atoms with Gasteiger partial charge in [-0.3, -0.25) is 14.9 Å². The van der Waals surface area contributed by atoms with Crippen LogP contribution >= 0.6 is 11.6 Å². The van der Waals surface area contributed by atoms with Crippen molar-refractivity contribution in [1.82, 2.24) is 15.4 Å². The van der Waals surface area contributed by atoms with E-state index in [-0.39, 0.29) is 10.9 Å². The summed E-state index contributed by atoms with van der Waals surface area (Å²) in [7, 11) is -3.97. The van der Waals surface area contributed by atoms with Crippen molar-refractivity contribution in [2.24, 2.45) is 0 Å². The smallest absolute Gasteiger partial charge is 0.324 e. The second-order valence-corrected chi connectivity index (χ2v) is 8.56. The summed E-state index contributed by atoms with van der Waals surface area (Å²) in [5, 5.41) is 5.09. The van der Waals surface area contributed by atoms with Gasteiger partial charge in [-0.25, -0.2) is 13.2 Å². The number of esters is 1. The molecule has 3 N–H and O–H groups in total. The first kappa shape index (κ1) is 22.1. The van der Waals surface area contributed by atoms with Crippen LogP contribution in [0.15, 0.2) is 29.2 Å². The number of amides is 3. The van der Waals surface area contributed by atoms with Crippen molar-refractivity contribution in [3.05, 3.63) is 29.3 Å². The minimum atomic E-state index is -3.97. The maximum absolute atomic E-state index is 12.2. The Morgan fingerprint density at radius 3 is 2.39 bits per heavy atom. The topological polar surface area (TPSA) is 131 Å². The van der Waals surface area contributed by atoms with Crippen molar-refractivity contribution in [2.45, 2.75) is 49.6 Å². The number of urea groups is 1. The molecule has 1 aromatic carbocycles. The molecule has 28 heavy (non-hydrogen) atoms. The molecule has 1 aliphatic carbocycles. The van der Waals surface area contributed by atoms with Gasteiger partial charge >= 0.3 is 12.0 Å². The molecule has 0 aliphatic heterocycles. The number of carbonyl (C=O) groups is 3. The van der Waals surface area contributed by atoms with Crippen LogP contribution in [0.2, 0.25) is 5.02 Å². The van der Waals surface area contributed by atoms with Crippen molar-refractivity contribution in [3.8, 4) is 0 Å². The molecule has 1 fully saturated rings. The quantitative estimate of drug-likeness (QED) is 0.558. The predicted molar refractivity (Wildman–Crippen MR) is 101 cm³/mol. The highest BCUT2D eigenvalue weighted by Gasteiger charge is 2.24. The second-order valence-electron chi connectivity index (χ2n) is 6.41. The zero-order chi connectivity index (χ0) is 20.7. The molecule has 11 heteroatoms. The summed E-state index contributed by atoms with van der Waals surface area (Å²) >= 11 is 5.72. The van der Waals surface area contributed by atoms with E-state index < -0.39 is 40.6 Å². The Morgan fingerprint density at radius 1 is 1.18 bits per heavy atom. The molecule has 0 aromatic heterocycles. The van der Waals surface area contributed by atoms with Crippen LogP contribution in [0.3, 0.4) is 0 Å². The average Bonchev–Trinajstić information content (AvgIpc) is 3.12.